The van der Waals surface area contributed by atoms with Crippen molar-refractivity contribution in [1.29, 1.82) is 5.26 Å². The number of rotatable bonds is 0. The molecular formula is C28H30N2O3. The van der Waals surface area contributed by atoms with Gasteiger partial charge in [-0.2, -0.15) is 5.26 Å². The maximum absolute atomic E-state index is 13.1. The molecule has 5 unspecified atom stereocenters. The average molecular weight is 443 g/mol. The molecule has 2 saturated carbocycles. The van der Waals surface area contributed by atoms with Crippen LogP contribution in [0.15, 0.2) is 29.8 Å². The van der Waals surface area contributed by atoms with Crippen molar-refractivity contribution in [3.8, 4) is 6.07 Å². The van der Waals surface area contributed by atoms with Gasteiger partial charge < -0.3 is 14.5 Å². The van der Waals surface area contributed by atoms with E-state index < -0.39 is 17.5 Å². The predicted molar refractivity (Wildman–Crippen MR) is 123 cm³/mol. The fourth-order valence-electron chi connectivity index (χ4n) is 8.50. The van der Waals surface area contributed by atoms with E-state index in [9.17, 15) is 10.1 Å². The molecule has 170 valence electrons. The molecule has 5 heteroatoms. The lowest BCUT2D eigenvalue weighted by Crippen LogP contribution is -2.60. The van der Waals surface area contributed by atoms with Gasteiger partial charge in [0.15, 0.2) is 17.7 Å². The number of aromatic amines is 1. The number of aromatic nitrogens is 1. The highest BCUT2D eigenvalue weighted by Gasteiger charge is 2.69. The summed E-state index contributed by atoms with van der Waals surface area (Å²) in [6.07, 6.45) is 6.41. The van der Waals surface area contributed by atoms with Gasteiger partial charge in [-0.25, -0.2) is 0 Å². The number of nitriles is 1. The monoisotopic (exact) mass is 442 g/mol. The molecule has 2 aromatic rings. The molecular weight excluding hydrogens is 412 g/mol. The summed E-state index contributed by atoms with van der Waals surface area (Å²) in [6.45, 7) is 8.85. The van der Waals surface area contributed by atoms with Gasteiger partial charge in [0.2, 0.25) is 0 Å². The van der Waals surface area contributed by atoms with E-state index in [0.29, 0.717) is 11.5 Å². The van der Waals surface area contributed by atoms with E-state index >= 15 is 0 Å². The molecule has 5 aliphatic rings. The Labute approximate surface area is 194 Å². The van der Waals surface area contributed by atoms with E-state index in [0.717, 1.165) is 43.2 Å². The number of carbonyl (C=O) groups excluding carboxylic acids is 1. The number of benzene rings is 1. The number of ether oxygens (including phenoxy) is 2. The highest BCUT2D eigenvalue weighted by molar-refractivity contribution is 5.97. The van der Waals surface area contributed by atoms with Crippen molar-refractivity contribution in [2.45, 2.75) is 82.7 Å². The van der Waals surface area contributed by atoms with Gasteiger partial charge in [-0.15, -0.1) is 0 Å². The van der Waals surface area contributed by atoms with Crippen molar-refractivity contribution < 1.29 is 14.3 Å². The zero-order valence-corrected chi connectivity index (χ0v) is 19.7. The highest BCUT2D eigenvalue weighted by atomic mass is 16.8. The van der Waals surface area contributed by atoms with Crippen LogP contribution in [0.25, 0.3) is 10.9 Å². The first-order chi connectivity index (χ1) is 15.6. The smallest absolute Gasteiger partial charge is 0.193 e. The van der Waals surface area contributed by atoms with Crippen LogP contribution in [-0.4, -0.2) is 28.3 Å². The molecule has 0 amide bonds. The Bertz CT molecular complexity index is 1330. The van der Waals surface area contributed by atoms with Crippen molar-refractivity contribution >= 4 is 16.7 Å². The van der Waals surface area contributed by atoms with Crippen molar-refractivity contribution in [2.75, 3.05) is 0 Å². The first-order valence-electron chi connectivity index (χ1n) is 12.3. The van der Waals surface area contributed by atoms with Crippen LogP contribution in [0.2, 0.25) is 0 Å². The number of hydrogen-bond acceptors (Lipinski definition) is 4. The normalized spacial score (nSPS) is 42.2. The van der Waals surface area contributed by atoms with E-state index in [1.807, 2.05) is 38.1 Å². The number of H-pyrrole nitrogens is 1. The molecule has 7 rings (SSSR count). The molecule has 1 saturated heterocycles. The molecule has 1 N–H and O–H groups in total. The number of nitrogens with zero attached hydrogens (tertiary/aromatic N) is 1. The second kappa shape index (κ2) is 5.79. The first kappa shape index (κ1) is 20.0. The van der Waals surface area contributed by atoms with Gasteiger partial charge in [0.1, 0.15) is 5.60 Å². The molecule has 33 heavy (non-hydrogen) atoms. The lowest BCUT2D eigenvalue weighted by atomic mass is 9.44. The van der Waals surface area contributed by atoms with Gasteiger partial charge in [-0.05, 0) is 92.2 Å². The lowest BCUT2D eigenvalue weighted by Gasteiger charge is -2.61. The molecule has 6 atom stereocenters. The van der Waals surface area contributed by atoms with E-state index in [1.165, 1.54) is 16.6 Å². The van der Waals surface area contributed by atoms with Crippen LogP contribution in [0.1, 0.15) is 70.2 Å². The molecule has 0 radical (unpaired) electrons. The van der Waals surface area contributed by atoms with Crippen molar-refractivity contribution in [1.82, 2.24) is 4.98 Å². The molecule has 5 nitrogen and oxygen atoms in total. The lowest BCUT2D eigenvalue weighted by molar-refractivity contribution is -0.205. The molecule has 3 aliphatic carbocycles. The maximum Gasteiger partial charge on any atom is 0.193 e. The second-order valence-corrected chi connectivity index (χ2v) is 12.0. The van der Waals surface area contributed by atoms with Crippen LogP contribution in [0, 0.1) is 28.6 Å². The Morgan fingerprint density at radius 3 is 2.76 bits per heavy atom. The molecule has 1 spiro atoms. The van der Waals surface area contributed by atoms with Crippen molar-refractivity contribution in [3.63, 3.8) is 0 Å². The minimum Gasteiger partial charge on any atom is -0.358 e. The quantitative estimate of drug-likeness (QED) is 0.617. The highest BCUT2D eigenvalue weighted by Crippen LogP contribution is 2.70. The van der Waals surface area contributed by atoms with Crippen LogP contribution < -0.4 is 0 Å². The Hall–Kier alpha value is -2.42. The fraction of sp³-hybridized carbons (Fsp3) is 0.571. The van der Waals surface area contributed by atoms with Crippen molar-refractivity contribution in [3.05, 3.63) is 46.7 Å². The molecule has 3 fully saturated rings. The topological polar surface area (TPSA) is 75.1 Å². The summed E-state index contributed by atoms with van der Waals surface area (Å²) >= 11 is 0. The Morgan fingerprint density at radius 2 is 1.97 bits per heavy atom. The summed E-state index contributed by atoms with van der Waals surface area (Å²) in [7, 11) is 0. The number of nitrogens with one attached hydrogen (secondary N) is 1. The van der Waals surface area contributed by atoms with Crippen LogP contribution in [-0.2, 0) is 26.1 Å². The average Bonchev–Trinajstić information content (AvgIpc) is 3.36. The third-order valence-corrected chi connectivity index (χ3v) is 10.3. The van der Waals surface area contributed by atoms with Crippen molar-refractivity contribution in [2.24, 2.45) is 17.3 Å². The van der Waals surface area contributed by atoms with Gasteiger partial charge in [0.25, 0.3) is 0 Å². The summed E-state index contributed by atoms with van der Waals surface area (Å²) < 4.78 is 13.0. The van der Waals surface area contributed by atoms with Crippen LogP contribution >= 0.6 is 0 Å². The molecule has 1 aromatic carbocycles. The van der Waals surface area contributed by atoms with Gasteiger partial charge in [0.05, 0.1) is 11.6 Å². The zero-order chi connectivity index (χ0) is 23.0. The molecule has 3 heterocycles. The predicted octanol–water partition coefficient (Wildman–Crippen LogP) is 5.08. The second-order valence-electron chi connectivity index (χ2n) is 12.0. The SMILES string of the molecule is CC1(C)OC23CCC4(C)C(CCC5Cc6c([nH]c7ccc(C#N)cc67)[C@@]54C)C2=CC(=O)C1O3. The Kier molecular flexibility index (Phi) is 3.51. The minimum atomic E-state index is -0.737. The third kappa shape index (κ3) is 2.14. The minimum absolute atomic E-state index is 0.0102. The number of fused-ring (bicyclic) bond motifs is 9. The molecule has 2 aliphatic heterocycles. The van der Waals surface area contributed by atoms with Gasteiger partial charge >= 0.3 is 0 Å². The molecule has 1 aromatic heterocycles. The van der Waals surface area contributed by atoms with E-state index in [4.69, 9.17) is 9.47 Å². The standard InChI is InChI=1S/C28H30N2O3/c1-25(2)24-22(31)13-20-19-7-6-16-12-18-17-11-15(14-29)5-8-21(17)30-23(18)27(16,4)26(19,3)9-10-28(20,32-24)33-25/h5,8,11,13,16,19,24,30H,6-7,9-10,12H2,1-4H3/t16?,19?,24?,26?,27-,28?/m1/s1. The molecule has 2 bridgehead atoms. The third-order valence-electron chi connectivity index (χ3n) is 10.3. The van der Waals surface area contributed by atoms with Gasteiger partial charge in [0, 0.05) is 28.4 Å². The first-order valence-corrected chi connectivity index (χ1v) is 12.3. The number of ketones is 1. The van der Waals surface area contributed by atoms with E-state index in [-0.39, 0.29) is 22.5 Å². The summed E-state index contributed by atoms with van der Waals surface area (Å²) in [5.74, 6) is 0.123. The van der Waals surface area contributed by atoms with E-state index in [2.05, 4.69) is 24.9 Å². The number of hydrogen-bond donors (Lipinski definition) is 1. The van der Waals surface area contributed by atoms with Crippen LogP contribution in [0.4, 0.5) is 0 Å². The maximum atomic E-state index is 13.1. The van der Waals surface area contributed by atoms with Gasteiger partial charge in [-0.3, -0.25) is 4.79 Å². The van der Waals surface area contributed by atoms with Gasteiger partial charge in [-0.1, -0.05) is 13.8 Å². The fourth-order valence-corrected chi connectivity index (χ4v) is 8.50. The summed E-state index contributed by atoms with van der Waals surface area (Å²) in [4.78, 5) is 16.9. The summed E-state index contributed by atoms with van der Waals surface area (Å²) in [5.41, 5.74) is 5.01. The number of carbonyl (C=O) groups is 1. The Balaban J connectivity index is 1.39. The summed E-state index contributed by atoms with van der Waals surface area (Å²) in [5, 5.41) is 10.6. The Morgan fingerprint density at radius 1 is 1.15 bits per heavy atom. The van der Waals surface area contributed by atoms with Crippen LogP contribution in [0.3, 0.4) is 0 Å². The largest absolute Gasteiger partial charge is 0.358 e. The zero-order valence-electron chi connectivity index (χ0n) is 19.7. The van der Waals surface area contributed by atoms with Crippen LogP contribution in [0.5, 0.6) is 0 Å². The summed E-state index contributed by atoms with van der Waals surface area (Å²) in [6, 6.07) is 8.30. The van der Waals surface area contributed by atoms with E-state index in [1.54, 1.807) is 0 Å².